The first-order valence-corrected chi connectivity index (χ1v) is 9.86. The number of ether oxygens (including phenoxy) is 1. The molecule has 1 aromatic carbocycles. The van der Waals surface area contributed by atoms with E-state index in [9.17, 15) is 17.2 Å². The highest BCUT2D eigenvalue weighted by molar-refractivity contribution is 7.92. The van der Waals surface area contributed by atoms with Gasteiger partial charge in [-0.25, -0.2) is 22.2 Å². The third-order valence-corrected chi connectivity index (χ3v) is 5.39. The van der Waals surface area contributed by atoms with Crippen molar-refractivity contribution in [1.29, 1.82) is 0 Å². The maximum atomic E-state index is 13.2. The van der Waals surface area contributed by atoms with Gasteiger partial charge >= 0.3 is 0 Å². The van der Waals surface area contributed by atoms with Crippen molar-refractivity contribution in [3.05, 3.63) is 59.8 Å². The Labute approximate surface area is 156 Å². The number of aromatic nitrogens is 1. The van der Waals surface area contributed by atoms with Gasteiger partial charge in [0.15, 0.2) is 11.6 Å². The van der Waals surface area contributed by atoms with Crippen molar-refractivity contribution in [2.75, 3.05) is 29.8 Å². The highest BCUT2D eigenvalue weighted by Gasteiger charge is 2.16. The van der Waals surface area contributed by atoms with Gasteiger partial charge in [-0.2, -0.15) is 0 Å². The van der Waals surface area contributed by atoms with Gasteiger partial charge in [0.2, 0.25) is 0 Å². The molecule has 0 unspecified atom stereocenters. The summed E-state index contributed by atoms with van der Waals surface area (Å²) >= 11 is 0. The normalized spacial score (nSPS) is 14.5. The number of sulfonamides is 1. The molecule has 2 N–H and O–H groups in total. The second-order valence-corrected chi connectivity index (χ2v) is 7.66. The maximum absolute atomic E-state index is 13.2. The summed E-state index contributed by atoms with van der Waals surface area (Å²) in [7, 11) is -3.95. The van der Waals surface area contributed by atoms with Gasteiger partial charge < -0.3 is 10.1 Å². The van der Waals surface area contributed by atoms with Crippen LogP contribution < -0.4 is 10.0 Å². The lowest BCUT2D eigenvalue weighted by molar-refractivity contribution is 0.153. The zero-order valence-corrected chi connectivity index (χ0v) is 15.2. The molecule has 0 bridgehead atoms. The minimum Gasteiger partial charge on any atom is -0.377 e. The molecule has 1 aliphatic rings. The van der Waals surface area contributed by atoms with E-state index in [0.717, 1.165) is 37.6 Å². The van der Waals surface area contributed by atoms with Crippen molar-refractivity contribution in [3.8, 4) is 0 Å². The van der Waals surface area contributed by atoms with Crippen LogP contribution in [0.4, 0.5) is 20.3 Å². The van der Waals surface area contributed by atoms with Crippen LogP contribution in [0.15, 0.2) is 53.1 Å². The van der Waals surface area contributed by atoms with Crippen LogP contribution >= 0.6 is 0 Å². The van der Waals surface area contributed by atoms with Crippen LogP contribution in [0.1, 0.15) is 12.8 Å². The molecule has 0 amide bonds. The van der Waals surface area contributed by atoms with E-state index >= 15 is 0 Å². The number of hydrogen-bond donors (Lipinski definition) is 2. The third-order valence-electron chi connectivity index (χ3n) is 4.03. The molecule has 0 atom stereocenters. The Balaban J connectivity index is 1.59. The molecular weight excluding hydrogens is 376 g/mol. The summed E-state index contributed by atoms with van der Waals surface area (Å²) in [4.78, 5) is 4.01. The maximum Gasteiger partial charge on any atom is 0.263 e. The van der Waals surface area contributed by atoms with Crippen molar-refractivity contribution in [2.24, 2.45) is 0 Å². The topological polar surface area (TPSA) is 80.3 Å². The number of hydrogen-bond acceptors (Lipinski definition) is 5. The molecule has 0 radical (unpaired) electrons. The van der Waals surface area contributed by atoms with Gasteiger partial charge in [0.25, 0.3) is 10.0 Å². The molecule has 2 aromatic rings. The van der Waals surface area contributed by atoms with Crippen molar-refractivity contribution in [1.82, 2.24) is 4.98 Å². The first-order valence-electron chi connectivity index (χ1n) is 8.37. The minimum atomic E-state index is -3.95. The van der Waals surface area contributed by atoms with Gasteiger partial charge in [-0.1, -0.05) is 11.6 Å². The summed E-state index contributed by atoms with van der Waals surface area (Å²) in [5.41, 5.74) is 1.25. The predicted molar refractivity (Wildman–Crippen MR) is 98.0 cm³/mol. The van der Waals surface area contributed by atoms with Crippen LogP contribution in [0.3, 0.4) is 0 Å². The number of rotatable bonds is 7. The van der Waals surface area contributed by atoms with E-state index < -0.39 is 21.7 Å². The Morgan fingerprint density at radius 1 is 1.15 bits per heavy atom. The lowest BCUT2D eigenvalue weighted by Gasteiger charge is -2.14. The van der Waals surface area contributed by atoms with Crippen LogP contribution in [0.2, 0.25) is 0 Å². The molecular formula is C18H19F2N3O3S. The van der Waals surface area contributed by atoms with Crippen LogP contribution in [0.25, 0.3) is 0 Å². The summed E-state index contributed by atoms with van der Waals surface area (Å²) in [6.07, 6.45) is 5.06. The molecule has 27 heavy (non-hydrogen) atoms. The van der Waals surface area contributed by atoms with Gasteiger partial charge in [0.1, 0.15) is 10.7 Å². The molecule has 6 nitrogen and oxygen atoms in total. The van der Waals surface area contributed by atoms with E-state index in [1.807, 2.05) is 0 Å². The molecule has 1 aromatic heterocycles. The van der Waals surface area contributed by atoms with E-state index in [2.05, 4.69) is 21.1 Å². The summed E-state index contributed by atoms with van der Waals surface area (Å²) in [5, 5.41) is 3.13. The largest absolute Gasteiger partial charge is 0.377 e. The monoisotopic (exact) mass is 395 g/mol. The van der Waals surface area contributed by atoms with E-state index in [0.29, 0.717) is 19.0 Å². The van der Waals surface area contributed by atoms with Gasteiger partial charge in [-0.3, -0.25) is 4.72 Å². The highest BCUT2D eigenvalue weighted by Crippen LogP contribution is 2.19. The first-order chi connectivity index (χ1) is 12.9. The quantitative estimate of drug-likeness (QED) is 0.703. The molecule has 0 spiro atoms. The number of pyridine rings is 1. The fourth-order valence-corrected chi connectivity index (χ4v) is 3.55. The van der Waals surface area contributed by atoms with Gasteiger partial charge in [-0.05, 0) is 37.1 Å². The van der Waals surface area contributed by atoms with E-state index in [1.165, 1.54) is 17.8 Å². The summed E-state index contributed by atoms with van der Waals surface area (Å²) in [5.74, 6) is -1.63. The summed E-state index contributed by atoms with van der Waals surface area (Å²) in [6, 6.07) is 5.72. The van der Waals surface area contributed by atoms with Crippen LogP contribution in [0.5, 0.6) is 0 Å². The molecule has 0 saturated carbocycles. The molecule has 1 aliphatic heterocycles. The van der Waals surface area contributed by atoms with E-state index in [1.54, 1.807) is 6.07 Å². The fourth-order valence-electron chi connectivity index (χ4n) is 2.56. The fraction of sp³-hybridized carbons (Fsp3) is 0.278. The van der Waals surface area contributed by atoms with E-state index in [4.69, 9.17) is 4.74 Å². The first kappa shape index (κ1) is 19.2. The SMILES string of the molecule is O=S(=O)(Nc1ccc(F)c(F)c1)c1ccc(NCCC2=CCOCC2)nc1. The number of halogens is 2. The molecule has 3 rings (SSSR count). The van der Waals surface area contributed by atoms with E-state index in [-0.39, 0.29) is 10.6 Å². The van der Waals surface area contributed by atoms with Crippen molar-refractivity contribution in [3.63, 3.8) is 0 Å². The lowest BCUT2D eigenvalue weighted by atomic mass is 10.1. The zero-order chi connectivity index (χ0) is 19.3. The Morgan fingerprint density at radius 3 is 2.67 bits per heavy atom. The summed E-state index contributed by atoms with van der Waals surface area (Å²) in [6.45, 7) is 2.06. The number of nitrogens with one attached hydrogen (secondary N) is 2. The molecule has 0 aliphatic carbocycles. The Morgan fingerprint density at radius 2 is 2.00 bits per heavy atom. The average Bonchev–Trinajstić information content (AvgIpc) is 2.66. The Hall–Kier alpha value is -2.52. The number of nitrogens with zero attached hydrogens (tertiary/aromatic N) is 1. The zero-order valence-electron chi connectivity index (χ0n) is 14.4. The standard InChI is InChI=1S/C18H19F2N3O3S/c19-16-3-1-14(11-17(16)20)23-27(24,25)15-2-4-18(22-12-15)21-8-5-13-6-9-26-10-7-13/h1-4,6,11-12,23H,5,7-10H2,(H,21,22). The smallest absolute Gasteiger partial charge is 0.263 e. The van der Waals surface area contributed by atoms with Crippen molar-refractivity contribution >= 4 is 21.5 Å². The van der Waals surface area contributed by atoms with Crippen LogP contribution in [-0.4, -0.2) is 33.2 Å². The number of anilines is 2. The Bertz CT molecular complexity index is 931. The second kappa shape index (κ2) is 8.45. The van der Waals surface area contributed by atoms with Gasteiger partial charge in [0.05, 0.1) is 18.9 Å². The molecule has 0 fully saturated rings. The second-order valence-electron chi connectivity index (χ2n) is 5.98. The number of benzene rings is 1. The Kier molecular flexibility index (Phi) is 6.02. The minimum absolute atomic E-state index is 0.0687. The summed E-state index contributed by atoms with van der Waals surface area (Å²) < 4.78 is 58.3. The van der Waals surface area contributed by atoms with Crippen molar-refractivity contribution < 1.29 is 21.9 Å². The third kappa shape index (κ3) is 5.24. The van der Waals surface area contributed by atoms with Crippen molar-refractivity contribution in [2.45, 2.75) is 17.7 Å². The molecule has 2 heterocycles. The van der Waals surface area contributed by atoms with Gasteiger partial charge in [0, 0.05) is 18.8 Å². The van der Waals surface area contributed by atoms with Crippen LogP contribution in [0, 0.1) is 11.6 Å². The highest BCUT2D eigenvalue weighted by atomic mass is 32.2. The van der Waals surface area contributed by atoms with Gasteiger partial charge in [-0.15, -0.1) is 0 Å². The molecule has 144 valence electrons. The molecule has 9 heteroatoms. The molecule has 0 saturated heterocycles. The van der Waals surface area contributed by atoms with Crippen LogP contribution in [-0.2, 0) is 14.8 Å². The lowest BCUT2D eigenvalue weighted by Crippen LogP contribution is -2.14. The predicted octanol–water partition coefficient (Wildman–Crippen LogP) is 3.31. The average molecular weight is 395 g/mol.